The van der Waals surface area contributed by atoms with Crippen LogP contribution in [0.25, 0.3) is 16.3 Å². The summed E-state index contributed by atoms with van der Waals surface area (Å²) in [6, 6.07) is 10.7. The lowest BCUT2D eigenvalue weighted by Gasteiger charge is -2.04. The van der Waals surface area contributed by atoms with Crippen LogP contribution in [0.4, 0.5) is 0 Å². The first-order valence-electron chi connectivity index (χ1n) is 7.09. The largest absolute Gasteiger partial charge is 0.462 e. The molecule has 0 atom stereocenters. The summed E-state index contributed by atoms with van der Waals surface area (Å²) < 4.78 is 6.59. The third kappa shape index (κ3) is 3.07. The van der Waals surface area contributed by atoms with Crippen molar-refractivity contribution < 1.29 is 14.3 Å². The quantitative estimate of drug-likeness (QED) is 0.531. The average Bonchev–Trinajstić information content (AvgIpc) is 3.24. The van der Waals surface area contributed by atoms with E-state index in [1.807, 2.05) is 17.5 Å². The van der Waals surface area contributed by atoms with Gasteiger partial charge in [0.1, 0.15) is 5.69 Å². The summed E-state index contributed by atoms with van der Waals surface area (Å²) in [6.07, 6.45) is 2.48. The van der Waals surface area contributed by atoms with Gasteiger partial charge in [-0.3, -0.25) is 4.79 Å². The van der Waals surface area contributed by atoms with Gasteiger partial charge in [0.05, 0.1) is 28.3 Å². The van der Waals surface area contributed by atoms with Gasteiger partial charge in [-0.15, -0.1) is 11.3 Å². The molecule has 0 amide bonds. The minimum Gasteiger partial charge on any atom is -0.462 e. The summed E-state index contributed by atoms with van der Waals surface area (Å²) in [4.78, 5) is 23.9. The Morgan fingerprint density at radius 1 is 1.30 bits per heavy atom. The number of carbonyl (C=O) groups excluding carboxylic acids is 2. The second kappa shape index (κ2) is 6.58. The maximum Gasteiger partial charge on any atom is 0.338 e. The number of carbonyl (C=O) groups is 2. The number of rotatable bonds is 5. The summed E-state index contributed by atoms with van der Waals surface area (Å²) in [5.74, 6) is -0.354. The minimum atomic E-state index is -0.354. The molecule has 1 aromatic carbocycles. The Balaban J connectivity index is 1.93. The number of aromatic nitrogens is 2. The first-order chi connectivity index (χ1) is 11.2. The highest BCUT2D eigenvalue weighted by molar-refractivity contribution is 7.13. The van der Waals surface area contributed by atoms with Crippen molar-refractivity contribution in [2.24, 2.45) is 0 Å². The lowest BCUT2D eigenvalue weighted by atomic mass is 10.2. The number of nitrogens with zero attached hydrogens (tertiary/aromatic N) is 2. The Hall–Kier alpha value is -2.73. The Kier molecular flexibility index (Phi) is 4.34. The topological polar surface area (TPSA) is 61.2 Å². The maximum atomic E-state index is 11.7. The molecule has 0 saturated heterocycles. The van der Waals surface area contributed by atoms with Crippen LogP contribution in [0.3, 0.4) is 0 Å². The Morgan fingerprint density at radius 3 is 2.70 bits per heavy atom. The van der Waals surface area contributed by atoms with Crippen LogP contribution in [0.5, 0.6) is 0 Å². The van der Waals surface area contributed by atoms with Crippen molar-refractivity contribution in [1.82, 2.24) is 9.78 Å². The number of thiophene rings is 1. The molecule has 0 saturated carbocycles. The lowest BCUT2D eigenvalue weighted by Crippen LogP contribution is -2.04. The van der Waals surface area contributed by atoms with Gasteiger partial charge in [-0.25, -0.2) is 9.48 Å². The van der Waals surface area contributed by atoms with E-state index in [4.69, 9.17) is 4.74 Å². The normalized spacial score (nSPS) is 10.5. The van der Waals surface area contributed by atoms with Crippen molar-refractivity contribution in [1.29, 1.82) is 0 Å². The molecule has 0 aliphatic rings. The van der Waals surface area contributed by atoms with Crippen molar-refractivity contribution in [2.75, 3.05) is 6.61 Å². The number of benzene rings is 1. The molecule has 0 fully saturated rings. The number of ether oxygens (including phenoxy) is 1. The summed E-state index contributed by atoms with van der Waals surface area (Å²) in [5, 5.41) is 6.43. The molecule has 0 spiro atoms. The van der Waals surface area contributed by atoms with Crippen LogP contribution >= 0.6 is 11.3 Å². The molecule has 0 bridgehead atoms. The Bertz CT molecular complexity index is 820. The van der Waals surface area contributed by atoms with Gasteiger partial charge in [0.2, 0.25) is 0 Å². The minimum absolute atomic E-state index is 0.340. The van der Waals surface area contributed by atoms with Crippen LogP contribution in [0.15, 0.2) is 48.0 Å². The molecule has 0 unspecified atom stereocenters. The van der Waals surface area contributed by atoms with Crippen molar-refractivity contribution in [3.8, 4) is 16.3 Å². The zero-order valence-corrected chi connectivity index (χ0v) is 13.2. The van der Waals surface area contributed by atoms with Crippen LogP contribution in [-0.4, -0.2) is 28.6 Å². The molecule has 0 radical (unpaired) electrons. The Morgan fingerprint density at radius 2 is 2.09 bits per heavy atom. The molecule has 0 aliphatic heterocycles. The molecule has 0 N–H and O–H groups in total. The first kappa shape index (κ1) is 15.2. The van der Waals surface area contributed by atoms with Crippen LogP contribution < -0.4 is 0 Å². The lowest BCUT2D eigenvalue weighted by molar-refractivity contribution is 0.0526. The van der Waals surface area contributed by atoms with Gasteiger partial charge in [0.25, 0.3) is 0 Å². The standard InChI is InChI=1S/C17H14N2O3S/c1-2-22-17(21)12-5-7-14(8-6-12)19-10-13(11-20)16(18-19)15-4-3-9-23-15/h3-11H,2H2,1H3. The fraction of sp³-hybridized carbons (Fsp3) is 0.118. The summed E-state index contributed by atoms with van der Waals surface area (Å²) in [7, 11) is 0. The highest BCUT2D eigenvalue weighted by Crippen LogP contribution is 2.26. The van der Waals surface area contributed by atoms with E-state index in [1.54, 1.807) is 42.1 Å². The van der Waals surface area contributed by atoms with Crippen LogP contribution in [0.2, 0.25) is 0 Å². The molecule has 6 heteroatoms. The fourth-order valence-electron chi connectivity index (χ4n) is 2.18. The zero-order chi connectivity index (χ0) is 16.2. The van der Waals surface area contributed by atoms with Crippen molar-refractivity contribution in [2.45, 2.75) is 6.92 Å². The van der Waals surface area contributed by atoms with E-state index in [0.29, 0.717) is 23.4 Å². The highest BCUT2D eigenvalue weighted by atomic mass is 32.1. The van der Waals surface area contributed by atoms with Gasteiger partial charge in [0.15, 0.2) is 6.29 Å². The molecule has 2 heterocycles. The SMILES string of the molecule is CCOC(=O)c1ccc(-n2cc(C=O)c(-c3cccs3)n2)cc1. The highest BCUT2D eigenvalue weighted by Gasteiger charge is 2.13. The third-order valence-corrected chi connectivity index (χ3v) is 4.14. The zero-order valence-electron chi connectivity index (χ0n) is 12.4. The molecular weight excluding hydrogens is 312 g/mol. The van der Waals surface area contributed by atoms with Crippen molar-refractivity contribution >= 4 is 23.6 Å². The number of hydrogen-bond acceptors (Lipinski definition) is 5. The van der Waals surface area contributed by atoms with E-state index in [0.717, 1.165) is 16.9 Å². The molecular formula is C17H14N2O3S. The van der Waals surface area contributed by atoms with Crippen LogP contribution in [0, 0.1) is 0 Å². The van der Waals surface area contributed by atoms with E-state index < -0.39 is 0 Å². The molecule has 23 heavy (non-hydrogen) atoms. The summed E-state index contributed by atoms with van der Waals surface area (Å²) >= 11 is 1.53. The van der Waals surface area contributed by atoms with E-state index >= 15 is 0 Å². The second-order valence-corrected chi connectivity index (χ2v) is 5.69. The smallest absolute Gasteiger partial charge is 0.338 e. The van der Waals surface area contributed by atoms with Gasteiger partial charge in [-0.2, -0.15) is 5.10 Å². The summed E-state index contributed by atoms with van der Waals surface area (Å²) in [6.45, 7) is 2.11. The predicted molar refractivity (Wildman–Crippen MR) is 88.2 cm³/mol. The van der Waals surface area contributed by atoms with Crippen molar-refractivity contribution in [3.05, 3.63) is 59.1 Å². The number of aldehydes is 1. The first-order valence-corrected chi connectivity index (χ1v) is 7.97. The molecule has 2 aromatic heterocycles. The number of hydrogen-bond donors (Lipinski definition) is 0. The summed E-state index contributed by atoms with van der Waals surface area (Å²) in [5.41, 5.74) is 2.44. The van der Waals surface area contributed by atoms with E-state index in [9.17, 15) is 9.59 Å². The maximum absolute atomic E-state index is 11.7. The second-order valence-electron chi connectivity index (χ2n) is 4.74. The third-order valence-electron chi connectivity index (χ3n) is 3.27. The van der Waals surface area contributed by atoms with Gasteiger partial charge < -0.3 is 4.74 Å². The van der Waals surface area contributed by atoms with Gasteiger partial charge in [0, 0.05) is 6.20 Å². The Labute approximate surface area is 137 Å². The van der Waals surface area contributed by atoms with Crippen LogP contribution in [-0.2, 0) is 4.74 Å². The monoisotopic (exact) mass is 326 g/mol. The molecule has 5 nitrogen and oxygen atoms in total. The molecule has 3 aromatic rings. The van der Waals surface area contributed by atoms with Crippen molar-refractivity contribution in [3.63, 3.8) is 0 Å². The molecule has 0 aliphatic carbocycles. The van der Waals surface area contributed by atoms with Gasteiger partial charge in [-0.1, -0.05) is 6.07 Å². The van der Waals surface area contributed by atoms with E-state index in [1.165, 1.54) is 11.3 Å². The van der Waals surface area contributed by atoms with Crippen LogP contribution in [0.1, 0.15) is 27.6 Å². The molecule has 116 valence electrons. The van der Waals surface area contributed by atoms with Gasteiger partial charge >= 0.3 is 5.97 Å². The number of esters is 1. The average molecular weight is 326 g/mol. The van der Waals surface area contributed by atoms with Gasteiger partial charge in [-0.05, 0) is 42.6 Å². The predicted octanol–water partition coefficient (Wildman–Crippen LogP) is 3.59. The fourth-order valence-corrected chi connectivity index (χ4v) is 2.91. The van der Waals surface area contributed by atoms with E-state index in [-0.39, 0.29) is 5.97 Å². The van der Waals surface area contributed by atoms with E-state index in [2.05, 4.69) is 5.10 Å². The molecule has 3 rings (SSSR count).